The molecule has 0 bridgehead atoms. The number of anilines is 1. The number of benzene rings is 3. The van der Waals surface area contributed by atoms with Gasteiger partial charge >= 0.3 is 0 Å². The Balaban J connectivity index is 1.37. The molecule has 62 heavy (non-hydrogen) atoms. The minimum Gasteiger partial charge on any atom is -0.344 e. The van der Waals surface area contributed by atoms with Crippen LogP contribution in [0.1, 0.15) is 79.5 Å². The van der Waals surface area contributed by atoms with Crippen molar-refractivity contribution in [3.8, 4) is 5.69 Å². The van der Waals surface area contributed by atoms with Crippen LogP contribution in [0, 0.1) is 17.6 Å². The van der Waals surface area contributed by atoms with Crippen LogP contribution in [-0.2, 0) is 45.7 Å². The first-order chi connectivity index (χ1) is 28.9. The van der Waals surface area contributed by atoms with E-state index in [2.05, 4.69) is 20.2 Å². The van der Waals surface area contributed by atoms with E-state index in [0.717, 1.165) is 27.6 Å². The van der Waals surface area contributed by atoms with Crippen molar-refractivity contribution in [2.24, 2.45) is 5.92 Å². The number of carbonyl (C=O) groups excluding carboxylic acids is 1. The quantitative estimate of drug-likeness (QED) is 0.118. The smallest absolute Gasteiger partial charge is 0.293 e. The summed E-state index contributed by atoms with van der Waals surface area (Å²) in [5, 5.41) is 9.92. The van der Waals surface area contributed by atoms with Crippen molar-refractivity contribution in [2.45, 2.75) is 82.9 Å². The summed E-state index contributed by atoms with van der Waals surface area (Å²) in [7, 11) is -4.11. The molecule has 1 fully saturated rings. The zero-order chi connectivity index (χ0) is 45.0. The van der Waals surface area contributed by atoms with Gasteiger partial charge in [0.15, 0.2) is 5.82 Å². The molecule has 8 rings (SSSR count). The Bertz CT molecular complexity index is 2980. The van der Waals surface area contributed by atoms with Crippen molar-refractivity contribution in [3.63, 3.8) is 0 Å². The maximum absolute atomic E-state index is 15.5. The molecule has 0 spiro atoms. The number of amides is 1. The van der Waals surface area contributed by atoms with Crippen molar-refractivity contribution in [2.75, 3.05) is 11.0 Å². The van der Waals surface area contributed by atoms with Gasteiger partial charge in [-0.05, 0) is 65.3 Å². The molecule has 3 heterocycles. The minimum absolute atomic E-state index is 0.0337. The van der Waals surface area contributed by atoms with Crippen LogP contribution in [0.15, 0.2) is 53.3 Å². The van der Waals surface area contributed by atoms with Crippen LogP contribution in [0.3, 0.4) is 0 Å². The van der Waals surface area contributed by atoms with Crippen LogP contribution < -0.4 is 15.6 Å². The highest BCUT2D eigenvalue weighted by Gasteiger charge is 2.67. The first-order valence-electron chi connectivity index (χ1n) is 19.0. The molecule has 1 amide bonds. The molecule has 22 heteroatoms. The molecule has 0 aliphatic heterocycles. The van der Waals surface area contributed by atoms with Crippen LogP contribution >= 0.6 is 11.6 Å². The summed E-state index contributed by atoms with van der Waals surface area (Å²) in [5.74, 6) is -9.74. The molecule has 1 saturated carbocycles. The average Bonchev–Trinajstić information content (AvgIpc) is 3.67. The van der Waals surface area contributed by atoms with E-state index in [1.54, 1.807) is 12.1 Å². The second-order valence-electron chi connectivity index (χ2n) is 16.5. The predicted octanol–water partition coefficient (Wildman–Crippen LogP) is 8.04. The van der Waals surface area contributed by atoms with E-state index in [1.165, 1.54) is 18.2 Å². The molecular formula is C40H35ClF8N8O4S. The third-order valence-electron chi connectivity index (χ3n) is 10.9. The summed E-state index contributed by atoms with van der Waals surface area (Å²) in [6, 6.07) is 7.96. The van der Waals surface area contributed by atoms with Gasteiger partial charge in [0.25, 0.3) is 24.3 Å². The van der Waals surface area contributed by atoms with Gasteiger partial charge in [-0.2, -0.15) is 19.0 Å². The number of rotatable bonds is 12. The molecule has 328 valence electrons. The number of hydrogen-bond acceptors (Lipinski definition) is 7. The lowest BCUT2D eigenvalue weighted by Crippen LogP contribution is -2.38. The number of nitrogens with zero attached hydrogens (tertiary/aromatic N) is 6. The van der Waals surface area contributed by atoms with Crippen molar-refractivity contribution in [1.29, 1.82) is 0 Å². The first kappa shape index (κ1) is 43.1. The van der Waals surface area contributed by atoms with Gasteiger partial charge in [-0.25, -0.2) is 39.7 Å². The maximum Gasteiger partial charge on any atom is 0.293 e. The van der Waals surface area contributed by atoms with Gasteiger partial charge in [0.1, 0.15) is 41.9 Å². The number of aromatic nitrogens is 6. The third kappa shape index (κ3) is 7.77. The summed E-state index contributed by atoms with van der Waals surface area (Å²) in [5.41, 5.74) is -3.35. The highest BCUT2D eigenvalue weighted by atomic mass is 35.5. The van der Waals surface area contributed by atoms with Crippen LogP contribution in [0.5, 0.6) is 0 Å². The van der Waals surface area contributed by atoms with E-state index in [4.69, 9.17) is 16.6 Å². The van der Waals surface area contributed by atoms with Gasteiger partial charge in [0.2, 0.25) is 15.9 Å². The van der Waals surface area contributed by atoms with Gasteiger partial charge in [0, 0.05) is 24.0 Å². The van der Waals surface area contributed by atoms with E-state index in [9.17, 15) is 44.3 Å². The molecule has 0 saturated heterocycles. The summed E-state index contributed by atoms with van der Waals surface area (Å²) in [6.45, 7) is 3.46. The fourth-order valence-electron chi connectivity index (χ4n) is 8.21. The zero-order valence-corrected chi connectivity index (χ0v) is 34.5. The van der Waals surface area contributed by atoms with Gasteiger partial charge < -0.3 is 5.32 Å². The normalized spacial score (nSPS) is 17.5. The molecule has 2 N–H and O–H groups in total. The fraction of sp³-hybridized carbons (Fsp3) is 0.375. The second kappa shape index (κ2) is 15.1. The molecule has 6 aromatic rings. The Kier molecular flexibility index (Phi) is 10.5. The lowest BCUT2D eigenvalue weighted by Gasteiger charge is -2.25. The third-order valence-corrected chi connectivity index (χ3v) is 11.8. The Labute approximate surface area is 351 Å². The van der Waals surface area contributed by atoms with Crippen molar-refractivity contribution >= 4 is 55.2 Å². The molecule has 12 nitrogen and oxygen atoms in total. The average molecular weight is 911 g/mol. The lowest BCUT2D eigenvalue weighted by atomic mass is 9.86. The SMILES string of the molecule is CC(C)(C)c1ccc2c(=O)n(-c3ccc(Cl)c4c(NS(C)(=O)=O)nn(CC(F)F)c34)c([C@H](Cc3cc(F)cc(F)c3)NC(=O)Cn3nc(C(F)F)c4c3C(F)(F)[C@@H]3C[C@H]43)nc2c1. The van der Waals surface area contributed by atoms with Crippen molar-refractivity contribution in [1.82, 2.24) is 34.4 Å². The highest BCUT2D eigenvalue weighted by molar-refractivity contribution is 7.92. The molecule has 3 atom stereocenters. The number of carbonyl (C=O) groups is 1. The monoisotopic (exact) mass is 910 g/mol. The Hall–Kier alpha value is -5.57. The second-order valence-corrected chi connectivity index (χ2v) is 18.6. The van der Waals surface area contributed by atoms with Gasteiger partial charge in [-0.3, -0.25) is 28.2 Å². The highest BCUT2D eigenvalue weighted by Crippen LogP contribution is 2.68. The van der Waals surface area contributed by atoms with Crippen LogP contribution in [-0.4, -0.2) is 56.1 Å². The summed E-state index contributed by atoms with van der Waals surface area (Å²) >= 11 is 6.56. The number of hydrogen-bond donors (Lipinski definition) is 2. The minimum atomic E-state index is -4.11. The molecule has 0 unspecified atom stereocenters. The number of sulfonamides is 1. The molecular weight excluding hydrogens is 876 g/mol. The Morgan fingerprint density at radius 3 is 2.32 bits per heavy atom. The topological polar surface area (TPSA) is 146 Å². The van der Waals surface area contributed by atoms with Crippen molar-refractivity contribution < 1.29 is 48.3 Å². The fourth-order valence-corrected chi connectivity index (χ4v) is 8.95. The largest absolute Gasteiger partial charge is 0.344 e. The van der Waals surface area contributed by atoms with E-state index in [-0.39, 0.29) is 55.9 Å². The van der Waals surface area contributed by atoms with E-state index >= 15 is 8.78 Å². The zero-order valence-electron chi connectivity index (χ0n) is 33.0. The molecule has 0 radical (unpaired) electrons. The maximum atomic E-state index is 15.5. The van der Waals surface area contributed by atoms with Crippen molar-refractivity contribution in [3.05, 3.63) is 109 Å². The van der Waals surface area contributed by atoms with Crippen LogP contribution in [0.2, 0.25) is 5.02 Å². The summed E-state index contributed by atoms with van der Waals surface area (Å²) < 4.78 is 146. The van der Waals surface area contributed by atoms with Gasteiger partial charge in [-0.15, -0.1) is 0 Å². The Morgan fingerprint density at radius 1 is 1.00 bits per heavy atom. The molecule has 2 aliphatic carbocycles. The van der Waals surface area contributed by atoms with E-state index in [1.807, 2.05) is 20.8 Å². The van der Waals surface area contributed by atoms with Crippen LogP contribution in [0.25, 0.3) is 27.5 Å². The molecule has 2 aliphatic rings. The van der Waals surface area contributed by atoms with E-state index < -0.39 is 112 Å². The Morgan fingerprint density at radius 2 is 1.69 bits per heavy atom. The van der Waals surface area contributed by atoms with E-state index in [0.29, 0.717) is 16.3 Å². The number of nitrogens with one attached hydrogen (secondary N) is 2. The first-order valence-corrected chi connectivity index (χ1v) is 21.2. The molecule has 3 aromatic carbocycles. The predicted molar refractivity (Wildman–Crippen MR) is 212 cm³/mol. The van der Waals surface area contributed by atoms with Crippen LogP contribution in [0.4, 0.5) is 40.9 Å². The van der Waals surface area contributed by atoms with Gasteiger partial charge in [0.05, 0.1) is 44.8 Å². The standard InChI is InChI=1S/C40H35ClF8N8O4S/c1-39(2,3)18-5-6-21-25(12-18)51-37(57(38(21)59)27-8-7-24(41)31-33(27)55(15-28(44)45)53-36(31)54-62(4,60)61)26(11-17-9-19(42)13-20(43)10-17)50-29(58)16-56-34-30(32(52-56)35(46)47)22-14-23(22)40(34,48)49/h5-10,12-13,22-23,26,28,35H,11,14-16H2,1-4H3,(H,50,58)(H,53,54)/t22-,23+,26-/m0/s1. The lowest BCUT2D eigenvalue weighted by molar-refractivity contribution is -0.123. The number of halogens is 9. The van der Waals surface area contributed by atoms with Gasteiger partial charge in [-0.1, -0.05) is 38.4 Å². The summed E-state index contributed by atoms with van der Waals surface area (Å²) in [6.07, 6.45) is -6.13. The number of fused-ring (bicyclic) bond motifs is 5. The molecule has 3 aromatic heterocycles. The number of alkyl halides is 6. The summed E-state index contributed by atoms with van der Waals surface area (Å²) in [4.78, 5) is 33.9.